The van der Waals surface area contributed by atoms with Crippen molar-refractivity contribution in [2.75, 3.05) is 0 Å². The molecule has 0 radical (unpaired) electrons. The van der Waals surface area contributed by atoms with Gasteiger partial charge in [-0.05, 0) is 84.4 Å². The van der Waals surface area contributed by atoms with Crippen molar-refractivity contribution in [2.45, 2.75) is 6.17 Å². The topological polar surface area (TPSA) is 49.9 Å². The Hall–Kier alpha value is -7.30. The van der Waals surface area contributed by atoms with Crippen molar-refractivity contribution < 1.29 is 4.42 Å². The number of fused-ring (bicyclic) bond motifs is 7. The highest BCUT2D eigenvalue weighted by Crippen LogP contribution is 2.40. The Bertz CT molecular complexity index is 3170. The SMILES string of the molecule is c1ccc(C2N=C(c3cccc4ccccc34)N=C(c3cc(-c4ccc(-c5ccc6ccccc6c5)cc4)cc4c3oc3ccc5ccccc5c34)N2)cc1. The number of hydrogen-bond donors (Lipinski definition) is 1. The van der Waals surface area contributed by atoms with Crippen LogP contribution < -0.4 is 5.32 Å². The van der Waals surface area contributed by atoms with Crippen LogP contribution >= 0.6 is 0 Å². The fourth-order valence-corrected chi connectivity index (χ4v) is 8.15. The summed E-state index contributed by atoms with van der Waals surface area (Å²) in [7, 11) is 0. The van der Waals surface area contributed by atoms with Crippen LogP contribution in [0.2, 0.25) is 0 Å². The van der Waals surface area contributed by atoms with Gasteiger partial charge in [0.05, 0.1) is 5.56 Å². The van der Waals surface area contributed by atoms with Gasteiger partial charge in [-0.1, -0.05) is 164 Å². The maximum Gasteiger partial charge on any atom is 0.160 e. The Morgan fingerprint density at radius 3 is 1.89 bits per heavy atom. The lowest BCUT2D eigenvalue weighted by molar-refractivity contribution is 0.660. The molecule has 2 heterocycles. The second-order valence-electron chi connectivity index (χ2n) is 14.2. The van der Waals surface area contributed by atoms with Crippen molar-refractivity contribution in [3.63, 3.8) is 0 Å². The summed E-state index contributed by atoms with van der Waals surface area (Å²) < 4.78 is 6.84. The van der Waals surface area contributed by atoms with E-state index in [0.29, 0.717) is 5.84 Å². The first-order chi connectivity index (χ1) is 27.2. The van der Waals surface area contributed by atoms with E-state index in [-0.39, 0.29) is 6.17 Å². The predicted molar refractivity (Wildman–Crippen MR) is 229 cm³/mol. The number of nitrogens with zero attached hydrogens (tertiary/aromatic N) is 2. The second kappa shape index (κ2) is 12.7. The smallest absolute Gasteiger partial charge is 0.160 e. The van der Waals surface area contributed by atoms with E-state index in [0.717, 1.165) is 71.8 Å². The maximum atomic E-state index is 6.84. The molecule has 1 N–H and O–H groups in total. The van der Waals surface area contributed by atoms with Gasteiger partial charge in [-0.25, -0.2) is 9.98 Å². The van der Waals surface area contributed by atoms with E-state index in [1.165, 1.54) is 27.3 Å². The standard InChI is InChI=1S/C51H33N3O/c1-2-14-37(15-3-1)49-52-50(43-20-10-17-35-12-6-8-18-41(35)43)54-51(53-49)45-31-40(30-44-47-42-19-9-7-13-36(42)27-28-46(47)55-48(44)45)34-23-21-33(22-24-34)39-26-25-32-11-4-5-16-38(32)29-39/h1-31,49H,(H,52,53,54). The van der Waals surface area contributed by atoms with Gasteiger partial charge < -0.3 is 9.73 Å². The van der Waals surface area contributed by atoms with Crippen molar-refractivity contribution >= 4 is 65.9 Å². The molecule has 1 aliphatic rings. The molecule has 1 atom stereocenters. The van der Waals surface area contributed by atoms with E-state index in [9.17, 15) is 0 Å². The Morgan fingerprint density at radius 2 is 1.07 bits per heavy atom. The summed E-state index contributed by atoms with van der Waals surface area (Å²) in [4.78, 5) is 10.6. The number of amidine groups is 2. The van der Waals surface area contributed by atoms with Gasteiger partial charge in [0.15, 0.2) is 5.84 Å². The molecule has 0 spiro atoms. The summed E-state index contributed by atoms with van der Waals surface area (Å²) in [6.07, 6.45) is -0.354. The molecule has 1 aromatic heterocycles. The summed E-state index contributed by atoms with van der Waals surface area (Å²) in [5.74, 6) is 1.40. The molecule has 258 valence electrons. The van der Waals surface area contributed by atoms with Crippen LogP contribution in [0.25, 0.3) is 76.5 Å². The van der Waals surface area contributed by atoms with Gasteiger partial charge in [-0.15, -0.1) is 0 Å². The van der Waals surface area contributed by atoms with Crippen LogP contribution in [-0.2, 0) is 0 Å². The lowest BCUT2D eigenvalue weighted by atomic mass is 9.95. The van der Waals surface area contributed by atoms with Crippen molar-refractivity contribution in [1.82, 2.24) is 5.32 Å². The largest absolute Gasteiger partial charge is 0.455 e. The number of rotatable bonds is 5. The monoisotopic (exact) mass is 703 g/mol. The molecule has 11 rings (SSSR count). The minimum Gasteiger partial charge on any atom is -0.455 e. The first kappa shape index (κ1) is 31.2. The zero-order valence-electron chi connectivity index (χ0n) is 29.8. The third-order valence-electron chi connectivity index (χ3n) is 10.9. The third-order valence-corrected chi connectivity index (χ3v) is 10.9. The van der Waals surface area contributed by atoms with Crippen LogP contribution in [0.15, 0.2) is 202 Å². The van der Waals surface area contributed by atoms with Gasteiger partial charge in [0, 0.05) is 16.3 Å². The van der Waals surface area contributed by atoms with E-state index in [1.54, 1.807) is 0 Å². The summed E-state index contributed by atoms with van der Waals surface area (Å²) >= 11 is 0. The zero-order chi connectivity index (χ0) is 36.3. The molecule has 55 heavy (non-hydrogen) atoms. The van der Waals surface area contributed by atoms with Crippen LogP contribution in [0.4, 0.5) is 0 Å². The normalized spacial score (nSPS) is 14.4. The van der Waals surface area contributed by atoms with Crippen LogP contribution in [0.3, 0.4) is 0 Å². The summed E-state index contributed by atoms with van der Waals surface area (Å²) in [5.41, 5.74) is 9.14. The van der Waals surface area contributed by atoms with E-state index < -0.39 is 0 Å². The molecule has 4 nitrogen and oxygen atoms in total. The molecule has 0 bridgehead atoms. The minimum absolute atomic E-state index is 0.354. The lowest BCUT2D eigenvalue weighted by Gasteiger charge is -2.24. The van der Waals surface area contributed by atoms with Gasteiger partial charge in [0.1, 0.15) is 23.2 Å². The number of benzene rings is 9. The Kier molecular flexibility index (Phi) is 7.20. The first-order valence-corrected chi connectivity index (χ1v) is 18.7. The number of aliphatic imine (C=N–C) groups is 2. The van der Waals surface area contributed by atoms with Gasteiger partial charge >= 0.3 is 0 Å². The zero-order valence-corrected chi connectivity index (χ0v) is 29.8. The highest BCUT2D eigenvalue weighted by atomic mass is 16.3. The number of nitrogens with one attached hydrogen (secondary N) is 1. The van der Waals surface area contributed by atoms with Crippen LogP contribution in [0, 0.1) is 0 Å². The molecule has 0 aliphatic carbocycles. The number of furan rings is 1. The van der Waals surface area contributed by atoms with Gasteiger partial charge in [-0.3, -0.25) is 0 Å². The average molecular weight is 704 g/mol. The molecule has 0 saturated heterocycles. The van der Waals surface area contributed by atoms with E-state index in [2.05, 4.69) is 187 Å². The fourth-order valence-electron chi connectivity index (χ4n) is 8.15. The van der Waals surface area contributed by atoms with Gasteiger partial charge in [-0.2, -0.15) is 0 Å². The van der Waals surface area contributed by atoms with E-state index in [4.69, 9.17) is 14.4 Å². The molecule has 9 aromatic carbocycles. The Balaban J connectivity index is 1.12. The van der Waals surface area contributed by atoms with Crippen LogP contribution in [0.5, 0.6) is 0 Å². The summed E-state index contributed by atoms with van der Waals surface area (Å²) in [6, 6.07) is 66.4. The minimum atomic E-state index is -0.354. The van der Waals surface area contributed by atoms with E-state index >= 15 is 0 Å². The highest BCUT2D eigenvalue weighted by molar-refractivity contribution is 6.25. The molecular weight excluding hydrogens is 671 g/mol. The lowest BCUT2D eigenvalue weighted by Crippen LogP contribution is -2.33. The van der Waals surface area contributed by atoms with E-state index in [1.807, 2.05) is 6.07 Å². The fraction of sp³-hybridized carbons (Fsp3) is 0.0196. The van der Waals surface area contributed by atoms with Crippen molar-refractivity contribution in [3.8, 4) is 22.3 Å². The van der Waals surface area contributed by atoms with Crippen LogP contribution in [0.1, 0.15) is 22.9 Å². The first-order valence-electron chi connectivity index (χ1n) is 18.7. The Morgan fingerprint density at radius 1 is 0.436 bits per heavy atom. The summed E-state index contributed by atoms with van der Waals surface area (Å²) in [6.45, 7) is 0. The average Bonchev–Trinajstić information content (AvgIpc) is 3.65. The van der Waals surface area contributed by atoms with Crippen molar-refractivity contribution in [1.29, 1.82) is 0 Å². The Labute approximate surface area is 317 Å². The highest BCUT2D eigenvalue weighted by Gasteiger charge is 2.26. The molecule has 0 amide bonds. The second-order valence-corrected chi connectivity index (χ2v) is 14.2. The maximum absolute atomic E-state index is 6.84. The molecule has 4 heteroatoms. The quantitative estimate of drug-likeness (QED) is 0.194. The van der Waals surface area contributed by atoms with Gasteiger partial charge in [0.2, 0.25) is 0 Å². The molecule has 0 fully saturated rings. The van der Waals surface area contributed by atoms with Crippen molar-refractivity contribution in [3.05, 3.63) is 205 Å². The molecule has 10 aromatic rings. The molecule has 1 unspecified atom stereocenters. The van der Waals surface area contributed by atoms with Gasteiger partial charge in [0.25, 0.3) is 0 Å². The predicted octanol–water partition coefficient (Wildman–Crippen LogP) is 12.9. The van der Waals surface area contributed by atoms with Crippen molar-refractivity contribution in [2.24, 2.45) is 9.98 Å². The van der Waals surface area contributed by atoms with Crippen LogP contribution in [-0.4, -0.2) is 11.7 Å². The summed E-state index contributed by atoms with van der Waals surface area (Å²) in [5, 5.41) is 13.0. The molecule has 0 saturated carbocycles. The molecule has 1 aliphatic heterocycles. The molecular formula is C51H33N3O. The number of hydrogen-bond acceptors (Lipinski definition) is 4. The third kappa shape index (κ3) is 5.38.